The van der Waals surface area contributed by atoms with Crippen molar-refractivity contribution in [3.8, 4) is 0 Å². The highest BCUT2D eigenvalue weighted by atomic mass is 79.9. The Hall–Kier alpha value is -0.440. The van der Waals surface area contributed by atoms with Gasteiger partial charge in [-0.3, -0.25) is 0 Å². The van der Waals surface area contributed by atoms with Crippen LogP contribution >= 0.6 is 15.9 Å². The molecule has 3 heteroatoms. The topological polar surface area (TPSA) is 0 Å². The maximum Gasteiger partial charge on any atom is 0.159 e. The van der Waals surface area contributed by atoms with E-state index in [-0.39, 0.29) is 10.7 Å². The van der Waals surface area contributed by atoms with Gasteiger partial charge in [0.05, 0.1) is 0 Å². The molecule has 1 aromatic carbocycles. The fourth-order valence-corrected chi connectivity index (χ4v) is 1.37. The van der Waals surface area contributed by atoms with Gasteiger partial charge in [0.15, 0.2) is 11.6 Å². The Morgan fingerprint density at radius 2 is 1.77 bits per heavy atom. The van der Waals surface area contributed by atoms with Crippen molar-refractivity contribution in [1.29, 1.82) is 0 Å². The molecule has 0 aliphatic carbocycles. The van der Waals surface area contributed by atoms with E-state index in [0.29, 0.717) is 0 Å². The minimum absolute atomic E-state index is 0.176. The Balaban J connectivity index is 2.97. The van der Waals surface area contributed by atoms with Crippen LogP contribution in [0, 0.1) is 11.6 Å². The number of benzene rings is 1. The highest BCUT2D eigenvalue weighted by Gasteiger charge is 2.13. The molecule has 2 unspecified atom stereocenters. The smallest absolute Gasteiger partial charge is 0.159 e. The van der Waals surface area contributed by atoms with Crippen molar-refractivity contribution >= 4 is 15.9 Å². The second-order valence-electron chi connectivity index (χ2n) is 3.14. The molecule has 0 aliphatic heterocycles. The molecule has 0 aliphatic rings. The zero-order valence-corrected chi connectivity index (χ0v) is 9.11. The van der Waals surface area contributed by atoms with Crippen molar-refractivity contribution < 1.29 is 8.78 Å². The molecule has 0 saturated carbocycles. The summed E-state index contributed by atoms with van der Waals surface area (Å²) in [6, 6.07) is 4.02. The molecule has 13 heavy (non-hydrogen) atoms. The lowest BCUT2D eigenvalue weighted by Crippen LogP contribution is -2.05. The standard InChI is InChI=1S/C10H11BrF2/c1-6(7(2)11)8-3-4-9(12)10(13)5-8/h3-7H,1-2H3. The normalized spacial score (nSPS) is 15.5. The number of rotatable bonds is 2. The number of alkyl halides is 1. The zero-order valence-electron chi connectivity index (χ0n) is 7.52. The van der Waals surface area contributed by atoms with Crippen molar-refractivity contribution in [1.82, 2.24) is 0 Å². The highest BCUT2D eigenvalue weighted by molar-refractivity contribution is 9.09. The third kappa shape index (κ3) is 2.50. The van der Waals surface area contributed by atoms with Crippen molar-refractivity contribution in [2.45, 2.75) is 24.6 Å². The van der Waals surface area contributed by atoms with Crippen molar-refractivity contribution in [2.75, 3.05) is 0 Å². The van der Waals surface area contributed by atoms with Crippen molar-refractivity contribution in [3.63, 3.8) is 0 Å². The fourth-order valence-electron chi connectivity index (χ4n) is 1.06. The van der Waals surface area contributed by atoms with Crippen LogP contribution in [0.1, 0.15) is 25.3 Å². The van der Waals surface area contributed by atoms with E-state index in [9.17, 15) is 8.78 Å². The summed E-state index contributed by atoms with van der Waals surface area (Å²) in [5.74, 6) is -1.40. The van der Waals surface area contributed by atoms with Crippen molar-refractivity contribution in [2.24, 2.45) is 0 Å². The quantitative estimate of drug-likeness (QED) is 0.698. The van der Waals surface area contributed by atoms with E-state index in [4.69, 9.17) is 0 Å². The molecular formula is C10H11BrF2. The average Bonchev–Trinajstić information content (AvgIpc) is 2.08. The van der Waals surface area contributed by atoms with Crippen LogP contribution in [0.15, 0.2) is 18.2 Å². The highest BCUT2D eigenvalue weighted by Crippen LogP contribution is 2.25. The van der Waals surface area contributed by atoms with E-state index >= 15 is 0 Å². The summed E-state index contributed by atoms with van der Waals surface area (Å²) < 4.78 is 25.4. The van der Waals surface area contributed by atoms with Crippen LogP contribution in [-0.2, 0) is 0 Å². The van der Waals surface area contributed by atoms with Crippen LogP contribution in [0.4, 0.5) is 8.78 Å². The molecule has 0 amide bonds. The van der Waals surface area contributed by atoms with Crippen LogP contribution in [0.3, 0.4) is 0 Å². The lowest BCUT2D eigenvalue weighted by molar-refractivity contribution is 0.505. The first kappa shape index (κ1) is 10.6. The molecule has 2 atom stereocenters. The van der Waals surface area contributed by atoms with Gasteiger partial charge in [-0.25, -0.2) is 8.78 Å². The summed E-state index contributed by atoms with van der Waals surface area (Å²) in [5.41, 5.74) is 0.809. The molecule has 0 aromatic heterocycles. The summed E-state index contributed by atoms with van der Waals surface area (Å²) >= 11 is 3.40. The molecule has 0 spiro atoms. The van der Waals surface area contributed by atoms with Crippen LogP contribution in [0.25, 0.3) is 0 Å². The Labute approximate surface area is 85.1 Å². The van der Waals surface area contributed by atoms with Gasteiger partial charge < -0.3 is 0 Å². The van der Waals surface area contributed by atoms with Crippen LogP contribution in [-0.4, -0.2) is 4.83 Å². The van der Waals surface area contributed by atoms with E-state index in [1.54, 1.807) is 6.07 Å². The minimum Gasteiger partial charge on any atom is -0.204 e. The van der Waals surface area contributed by atoms with Gasteiger partial charge in [-0.2, -0.15) is 0 Å². The summed E-state index contributed by atoms with van der Waals surface area (Å²) in [6.45, 7) is 3.94. The van der Waals surface area contributed by atoms with Gasteiger partial charge in [-0.05, 0) is 23.6 Å². The lowest BCUT2D eigenvalue weighted by atomic mass is 9.98. The van der Waals surface area contributed by atoms with Gasteiger partial charge in [0, 0.05) is 4.83 Å². The van der Waals surface area contributed by atoms with E-state index in [1.165, 1.54) is 6.07 Å². The molecule has 1 aromatic rings. The Bertz CT molecular complexity index is 297. The second kappa shape index (κ2) is 4.18. The van der Waals surface area contributed by atoms with E-state index in [2.05, 4.69) is 15.9 Å². The zero-order chi connectivity index (χ0) is 10.0. The van der Waals surface area contributed by atoms with Crippen LogP contribution in [0.2, 0.25) is 0 Å². The molecule has 72 valence electrons. The molecule has 0 heterocycles. The van der Waals surface area contributed by atoms with E-state index in [0.717, 1.165) is 11.6 Å². The maximum absolute atomic E-state index is 12.8. The molecule has 0 N–H and O–H groups in total. The van der Waals surface area contributed by atoms with E-state index in [1.807, 2.05) is 13.8 Å². The van der Waals surface area contributed by atoms with Gasteiger partial charge in [0.25, 0.3) is 0 Å². The van der Waals surface area contributed by atoms with Gasteiger partial charge in [0.1, 0.15) is 0 Å². The predicted octanol–water partition coefficient (Wildman–Crippen LogP) is 3.85. The summed E-state index contributed by atoms with van der Waals surface area (Å²) in [5, 5.41) is 0. The maximum atomic E-state index is 12.8. The average molecular weight is 249 g/mol. The summed E-state index contributed by atoms with van der Waals surface area (Å²) in [7, 11) is 0. The van der Waals surface area contributed by atoms with Gasteiger partial charge in [-0.15, -0.1) is 0 Å². The van der Waals surface area contributed by atoms with Crippen LogP contribution < -0.4 is 0 Å². The molecule has 0 saturated heterocycles. The molecule has 0 nitrogen and oxygen atoms in total. The largest absolute Gasteiger partial charge is 0.204 e. The predicted molar refractivity (Wildman–Crippen MR) is 53.2 cm³/mol. The number of halogens is 3. The lowest BCUT2D eigenvalue weighted by Gasteiger charge is -2.14. The Kier molecular flexibility index (Phi) is 3.42. The molecule has 0 radical (unpaired) electrons. The summed E-state index contributed by atoms with van der Waals surface area (Å²) in [6.07, 6.45) is 0. The molecule has 0 fully saturated rings. The van der Waals surface area contributed by atoms with E-state index < -0.39 is 11.6 Å². The second-order valence-corrected chi connectivity index (χ2v) is 4.58. The van der Waals surface area contributed by atoms with Gasteiger partial charge in [-0.1, -0.05) is 35.8 Å². The minimum atomic E-state index is -0.793. The van der Waals surface area contributed by atoms with Gasteiger partial charge in [0.2, 0.25) is 0 Å². The number of hydrogen-bond donors (Lipinski definition) is 0. The summed E-state index contributed by atoms with van der Waals surface area (Å²) in [4.78, 5) is 0.248. The first-order valence-electron chi connectivity index (χ1n) is 4.11. The third-order valence-corrected chi connectivity index (χ3v) is 2.95. The monoisotopic (exact) mass is 248 g/mol. The first-order valence-corrected chi connectivity index (χ1v) is 5.03. The first-order chi connectivity index (χ1) is 6.02. The SMILES string of the molecule is CC(Br)C(C)c1ccc(F)c(F)c1. The Morgan fingerprint density at radius 3 is 2.23 bits per heavy atom. The Morgan fingerprint density at radius 1 is 1.15 bits per heavy atom. The van der Waals surface area contributed by atoms with Crippen LogP contribution in [0.5, 0.6) is 0 Å². The van der Waals surface area contributed by atoms with Crippen molar-refractivity contribution in [3.05, 3.63) is 35.4 Å². The van der Waals surface area contributed by atoms with Gasteiger partial charge >= 0.3 is 0 Å². The number of hydrogen-bond acceptors (Lipinski definition) is 0. The fraction of sp³-hybridized carbons (Fsp3) is 0.400. The molecular weight excluding hydrogens is 238 g/mol. The third-order valence-electron chi connectivity index (χ3n) is 2.16. The molecule has 0 bridgehead atoms. The molecule has 1 rings (SSSR count).